The lowest BCUT2D eigenvalue weighted by atomic mass is 9.91. The molecule has 1 unspecified atom stereocenters. The summed E-state index contributed by atoms with van der Waals surface area (Å²) in [5.74, 6) is -0.408. The Kier molecular flexibility index (Phi) is 6.63. The van der Waals surface area contributed by atoms with Gasteiger partial charge in [0.25, 0.3) is 0 Å². The minimum absolute atomic E-state index is 0.202. The third-order valence-corrected chi connectivity index (χ3v) is 4.99. The fourth-order valence-electron chi connectivity index (χ4n) is 3.57. The van der Waals surface area contributed by atoms with Crippen molar-refractivity contribution in [3.8, 4) is 0 Å². The SMILES string of the molecule is C=CC1=C(/C=C\C)c2ccc(=C)/c(=C\C)c2C(C(=O)OCc2ccccc2)OC1. The zero-order chi connectivity index (χ0) is 20.8. The number of rotatable bonds is 5. The van der Waals surface area contributed by atoms with Gasteiger partial charge < -0.3 is 9.47 Å². The highest BCUT2D eigenvalue weighted by atomic mass is 16.6. The van der Waals surface area contributed by atoms with E-state index in [1.807, 2.05) is 74.5 Å². The van der Waals surface area contributed by atoms with Crippen LogP contribution >= 0.6 is 0 Å². The van der Waals surface area contributed by atoms with E-state index in [1.54, 1.807) is 6.08 Å². The minimum Gasteiger partial charge on any atom is -0.459 e. The monoisotopic (exact) mass is 386 g/mol. The second kappa shape index (κ2) is 9.35. The third-order valence-electron chi connectivity index (χ3n) is 4.99. The second-order valence-electron chi connectivity index (χ2n) is 6.82. The summed E-state index contributed by atoms with van der Waals surface area (Å²) in [6, 6.07) is 13.6. The lowest BCUT2D eigenvalue weighted by Gasteiger charge is -2.18. The molecule has 0 aromatic heterocycles. The summed E-state index contributed by atoms with van der Waals surface area (Å²) in [5, 5.41) is 1.74. The van der Waals surface area contributed by atoms with Gasteiger partial charge in [-0.15, -0.1) is 0 Å². The van der Waals surface area contributed by atoms with E-state index < -0.39 is 12.1 Å². The van der Waals surface area contributed by atoms with E-state index in [4.69, 9.17) is 9.47 Å². The molecular formula is C26H26O3. The normalized spacial score (nSPS) is 17.2. The minimum atomic E-state index is -0.834. The van der Waals surface area contributed by atoms with E-state index in [0.29, 0.717) is 0 Å². The molecule has 1 aliphatic heterocycles. The summed E-state index contributed by atoms with van der Waals surface area (Å²) in [4.78, 5) is 13.1. The molecule has 0 N–H and O–H groups in total. The molecule has 0 fully saturated rings. The van der Waals surface area contributed by atoms with Crippen LogP contribution in [0.5, 0.6) is 0 Å². The van der Waals surface area contributed by atoms with Gasteiger partial charge in [0, 0.05) is 5.56 Å². The summed E-state index contributed by atoms with van der Waals surface area (Å²) in [7, 11) is 0. The van der Waals surface area contributed by atoms with Crippen molar-refractivity contribution in [3.05, 3.63) is 100.0 Å². The topological polar surface area (TPSA) is 35.5 Å². The Labute approximate surface area is 172 Å². The molecule has 0 aliphatic carbocycles. The van der Waals surface area contributed by atoms with Gasteiger partial charge in [-0.3, -0.25) is 0 Å². The van der Waals surface area contributed by atoms with Gasteiger partial charge in [0.1, 0.15) is 6.61 Å². The molecule has 1 heterocycles. The van der Waals surface area contributed by atoms with Crippen molar-refractivity contribution < 1.29 is 14.3 Å². The molecule has 0 saturated carbocycles. The lowest BCUT2D eigenvalue weighted by Crippen LogP contribution is -2.33. The average molecular weight is 386 g/mol. The summed E-state index contributed by atoms with van der Waals surface area (Å²) < 4.78 is 11.7. The summed E-state index contributed by atoms with van der Waals surface area (Å²) >= 11 is 0. The molecule has 3 rings (SSSR count). The predicted molar refractivity (Wildman–Crippen MR) is 118 cm³/mol. The number of carbonyl (C=O) groups is 1. The molecule has 1 atom stereocenters. The van der Waals surface area contributed by atoms with E-state index >= 15 is 0 Å². The van der Waals surface area contributed by atoms with E-state index in [-0.39, 0.29) is 13.2 Å². The Balaban J connectivity index is 2.08. The van der Waals surface area contributed by atoms with Crippen molar-refractivity contribution in [3.63, 3.8) is 0 Å². The lowest BCUT2D eigenvalue weighted by molar-refractivity contribution is -0.158. The number of benzene rings is 2. The van der Waals surface area contributed by atoms with Crippen molar-refractivity contribution >= 4 is 24.2 Å². The van der Waals surface area contributed by atoms with Crippen LogP contribution in [-0.4, -0.2) is 12.6 Å². The smallest absolute Gasteiger partial charge is 0.340 e. The van der Waals surface area contributed by atoms with Gasteiger partial charge in [0.05, 0.1) is 6.61 Å². The first-order chi connectivity index (χ1) is 14.1. The van der Waals surface area contributed by atoms with E-state index in [1.165, 1.54) is 0 Å². The number of ether oxygens (including phenoxy) is 2. The first kappa shape index (κ1) is 20.6. The van der Waals surface area contributed by atoms with Gasteiger partial charge in [-0.25, -0.2) is 4.79 Å². The van der Waals surface area contributed by atoms with Gasteiger partial charge in [-0.05, 0) is 46.6 Å². The zero-order valence-corrected chi connectivity index (χ0v) is 17.0. The molecule has 0 bridgehead atoms. The number of hydrogen-bond donors (Lipinski definition) is 0. The van der Waals surface area contributed by atoms with E-state index in [9.17, 15) is 4.79 Å². The van der Waals surface area contributed by atoms with Crippen molar-refractivity contribution in [2.45, 2.75) is 26.6 Å². The Morgan fingerprint density at radius 2 is 1.97 bits per heavy atom. The molecule has 3 nitrogen and oxygen atoms in total. The molecule has 29 heavy (non-hydrogen) atoms. The molecule has 2 aromatic rings. The molecule has 0 amide bonds. The van der Waals surface area contributed by atoms with Crippen LogP contribution in [0, 0.1) is 0 Å². The number of hydrogen-bond acceptors (Lipinski definition) is 3. The molecule has 1 aliphatic rings. The molecule has 3 heteroatoms. The van der Waals surface area contributed by atoms with Crippen molar-refractivity contribution in [1.29, 1.82) is 0 Å². The predicted octanol–water partition coefficient (Wildman–Crippen LogP) is 4.23. The van der Waals surface area contributed by atoms with Crippen molar-refractivity contribution in [1.82, 2.24) is 0 Å². The van der Waals surface area contributed by atoms with Gasteiger partial charge in [0.15, 0.2) is 6.10 Å². The van der Waals surface area contributed by atoms with Gasteiger partial charge in [-0.1, -0.05) is 79.9 Å². The van der Waals surface area contributed by atoms with Crippen LogP contribution in [0.2, 0.25) is 0 Å². The van der Waals surface area contributed by atoms with Crippen LogP contribution in [0.3, 0.4) is 0 Å². The highest BCUT2D eigenvalue weighted by Gasteiger charge is 2.30. The Morgan fingerprint density at radius 3 is 2.62 bits per heavy atom. The Bertz CT molecular complexity index is 1070. The maximum absolute atomic E-state index is 13.1. The first-order valence-electron chi connectivity index (χ1n) is 9.69. The molecule has 0 radical (unpaired) electrons. The number of esters is 1. The first-order valence-corrected chi connectivity index (χ1v) is 9.69. The van der Waals surface area contributed by atoms with E-state index in [0.717, 1.165) is 38.3 Å². The quantitative estimate of drug-likeness (QED) is 0.722. The number of fused-ring (bicyclic) bond motifs is 1. The van der Waals surface area contributed by atoms with Gasteiger partial charge in [-0.2, -0.15) is 0 Å². The highest BCUT2D eigenvalue weighted by molar-refractivity contribution is 5.86. The largest absolute Gasteiger partial charge is 0.459 e. The number of carbonyl (C=O) groups excluding carboxylic acids is 1. The standard InChI is InChI=1S/C26H26O3/c1-5-11-22-20(6-2)17-28-25(24-21(7-3)18(4)14-15-23(22)24)26(27)29-16-19-12-9-8-10-13-19/h5-15,25H,2,4,16-17H2,1,3H3/b11-5-,21-7+. The van der Waals surface area contributed by atoms with E-state index in [2.05, 4.69) is 13.2 Å². The third kappa shape index (κ3) is 4.30. The summed E-state index contributed by atoms with van der Waals surface area (Å²) in [6.45, 7) is 12.4. The zero-order valence-electron chi connectivity index (χ0n) is 17.0. The van der Waals surface area contributed by atoms with Crippen LogP contribution in [0.1, 0.15) is 36.6 Å². The molecule has 148 valence electrons. The van der Waals surface area contributed by atoms with Crippen molar-refractivity contribution in [2.24, 2.45) is 0 Å². The van der Waals surface area contributed by atoms with Crippen LogP contribution in [0.25, 0.3) is 18.2 Å². The van der Waals surface area contributed by atoms with Crippen LogP contribution in [0.15, 0.2) is 72.8 Å². The highest BCUT2D eigenvalue weighted by Crippen LogP contribution is 2.33. The van der Waals surface area contributed by atoms with Crippen molar-refractivity contribution in [2.75, 3.05) is 6.61 Å². The van der Waals surface area contributed by atoms with Gasteiger partial charge in [0.2, 0.25) is 0 Å². The van der Waals surface area contributed by atoms with Gasteiger partial charge >= 0.3 is 5.97 Å². The molecule has 0 spiro atoms. The fourth-order valence-corrected chi connectivity index (χ4v) is 3.57. The van der Waals surface area contributed by atoms with Crippen LogP contribution < -0.4 is 10.4 Å². The molecule has 0 saturated heterocycles. The Morgan fingerprint density at radius 1 is 1.21 bits per heavy atom. The Hall–Kier alpha value is -3.17. The molecular weight excluding hydrogens is 360 g/mol. The molecule has 2 aromatic carbocycles. The van der Waals surface area contributed by atoms with Crippen LogP contribution in [-0.2, 0) is 20.9 Å². The summed E-state index contributed by atoms with van der Waals surface area (Å²) in [5.41, 5.74) is 4.60. The maximum atomic E-state index is 13.1. The average Bonchev–Trinajstić information content (AvgIpc) is 2.90. The van der Waals surface area contributed by atoms with Crippen LogP contribution in [0.4, 0.5) is 0 Å². The summed E-state index contributed by atoms with van der Waals surface area (Å²) in [6.07, 6.45) is 6.92. The fraction of sp³-hybridized carbons (Fsp3) is 0.192. The second-order valence-corrected chi connectivity index (χ2v) is 6.82. The number of allylic oxidation sites excluding steroid dienone is 3. The maximum Gasteiger partial charge on any atom is 0.340 e.